The summed E-state index contributed by atoms with van der Waals surface area (Å²) in [4.78, 5) is 0. The molecule has 0 spiro atoms. The second kappa shape index (κ2) is 6.07. The van der Waals surface area contributed by atoms with Gasteiger partial charge in [0.05, 0.1) is 5.56 Å². The van der Waals surface area contributed by atoms with Gasteiger partial charge in [-0.3, -0.25) is 0 Å². The first-order chi connectivity index (χ1) is 8.31. The third-order valence-corrected chi connectivity index (χ3v) is 4.51. The van der Waals surface area contributed by atoms with Crippen molar-refractivity contribution >= 4 is 11.8 Å². The highest BCUT2D eigenvalue weighted by Crippen LogP contribution is 2.29. The third kappa shape index (κ3) is 3.23. The van der Waals surface area contributed by atoms with Crippen molar-refractivity contribution in [3.05, 3.63) is 35.1 Å². The van der Waals surface area contributed by atoms with E-state index >= 15 is 0 Å². The molecule has 3 heteroatoms. The van der Waals surface area contributed by atoms with Crippen LogP contribution in [0, 0.1) is 23.1 Å². The Labute approximate surface area is 106 Å². The van der Waals surface area contributed by atoms with Crippen molar-refractivity contribution < 1.29 is 4.39 Å². The van der Waals surface area contributed by atoms with Gasteiger partial charge in [0.1, 0.15) is 11.9 Å². The highest BCUT2D eigenvalue weighted by molar-refractivity contribution is 7.98. The smallest absolute Gasteiger partial charge is 0.144 e. The largest absolute Gasteiger partial charge is 0.205 e. The minimum absolute atomic E-state index is 0.156. The maximum atomic E-state index is 13.7. The molecule has 0 amide bonds. The van der Waals surface area contributed by atoms with E-state index in [1.54, 1.807) is 23.9 Å². The zero-order chi connectivity index (χ0) is 12.1. The second-order valence-corrected chi connectivity index (χ2v) is 5.59. The van der Waals surface area contributed by atoms with E-state index < -0.39 is 0 Å². The van der Waals surface area contributed by atoms with E-state index in [4.69, 9.17) is 5.26 Å². The Bertz CT molecular complexity index is 419. The Morgan fingerprint density at radius 1 is 1.35 bits per heavy atom. The van der Waals surface area contributed by atoms with Gasteiger partial charge in [-0.2, -0.15) is 17.0 Å². The fraction of sp³-hybridized carbons (Fsp3) is 0.500. The zero-order valence-corrected chi connectivity index (χ0v) is 10.6. The lowest BCUT2D eigenvalue weighted by Crippen LogP contribution is -1.98. The van der Waals surface area contributed by atoms with Crippen LogP contribution in [0.1, 0.15) is 36.8 Å². The van der Waals surface area contributed by atoms with Gasteiger partial charge in [-0.25, -0.2) is 4.39 Å². The first kappa shape index (κ1) is 12.4. The number of thioether (sulfide) groups is 1. The quantitative estimate of drug-likeness (QED) is 0.801. The van der Waals surface area contributed by atoms with Crippen LogP contribution >= 0.6 is 11.8 Å². The van der Waals surface area contributed by atoms with Gasteiger partial charge >= 0.3 is 0 Å². The second-order valence-electron chi connectivity index (χ2n) is 4.56. The molecule has 0 bridgehead atoms. The maximum Gasteiger partial charge on any atom is 0.144 e. The van der Waals surface area contributed by atoms with Crippen LogP contribution in [0.3, 0.4) is 0 Å². The Hall–Kier alpha value is -1.01. The summed E-state index contributed by atoms with van der Waals surface area (Å²) in [6, 6.07) is 6.94. The normalized spacial score (nSPS) is 16.0. The molecule has 1 nitrogen and oxygen atoms in total. The van der Waals surface area contributed by atoms with Gasteiger partial charge in [0.2, 0.25) is 0 Å². The Balaban J connectivity index is 1.88. The molecule has 0 unspecified atom stereocenters. The van der Waals surface area contributed by atoms with Crippen molar-refractivity contribution in [1.82, 2.24) is 0 Å². The van der Waals surface area contributed by atoms with Crippen LogP contribution in [-0.4, -0.2) is 5.75 Å². The van der Waals surface area contributed by atoms with E-state index in [1.807, 2.05) is 6.07 Å². The number of benzene rings is 1. The summed E-state index contributed by atoms with van der Waals surface area (Å²) in [5, 5.41) is 8.74. The molecule has 0 radical (unpaired) electrons. The predicted molar refractivity (Wildman–Crippen MR) is 69.2 cm³/mol. The fourth-order valence-corrected chi connectivity index (χ4v) is 3.52. The number of hydrogen-bond donors (Lipinski definition) is 0. The van der Waals surface area contributed by atoms with Crippen molar-refractivity contribution in [2.45, 2.75) is 31.4 Å². The molecule has 2 rings (SSSR count). The summed E-state index contributed by atoms with van der Waals surface area (Å²) < 4.78 is 13.7. The van der Waals surface area contributed by atoms with Crippen molar-refractivity contribution in [3.63, 3.8) is 0 Å². The van der Waals surface area contributed by atoms with E-state index in [1.165, 1.54) is 31.7 Å². The molecule has 1 saturated carbocycles. The highest BCUT2D eigenvalue weighted by atomic mass is 32.2. The molecule has 17 heavy (non-hydrogen) atoms. The highest BCUT2D eigenvalue weighted by Gasteiger charge is 2.15. The molecule has 1 aromatic carbocycles. The van der Waals surface area contributed by atoms with Crippen LogP contribution in [0.15, 0.2) is 18.2 Å². The molecule has 1 aliphatic rings. The van der Waals surface area contributed by atoms with E-state index in [0.29, 0.717) is 11.3 Å². The Morgan fingerprint density at radius 3 is 2.82 bits per heavy atom. The maximum absolute atomic E-state index is 13.7. The van der Waals surface area contributed by atoms with Gasteiger partial charge in [-0.15, -0.1) is 0 Å². The average molecular weight is 249 g/mol. The summed E-state index contributed by atoms with van der Waals surface area (Å²) in [6.45, 7) is 0. The van der Waals surface area contributed by atoms with Crippen LogP contribution in [0.5, 0.6) is 0 Å². The molecule has 0 heterocycles. The number of nitriles is 1. The summed E-state index contributed by atoms with van der Waals surface area (Å²) in [5.74, 6) is 2.28. The molecule has 0 saturated heterocycles. The first-order valence-corrected chi connectivity index (χ1v) is 7.22. The minimum Gasteiger partial charge on any atom is -0.205 e. The van der Waals surface area contributed by atoms with Crippen molar-refractivity contribution in [2.24, 2.45) is 5.92 Å². The Kier molecular flexibility index (Phi) is 4.44. The molecule has 0 aromatic heterocycles. The standard InChI is InChI=1S/C14H16FNS/c15-14-12(8-16)6-3-7-13(14)10-17-9-11-4-1-2-5-11/h3,6-7,11H,1-2,4-5,9-10H2. The SMILES string of the molecule is N#Cc1cccc(CSCC2CCCC2)c1F. The summed E-state index contributed by atoms with van der Waals surface area (Å²) in [7, 11) is 0. The van der Waals surface area contributed by atoms with Gasteiger partial charge in [0.25, 0.3) is 0 Å². The third-order valence-electron chi connectivity index (χ3n) is 3.29. The number of hydrogen-bond acceptors (Lipinski definition) is 2. The average Bonchev–Trinajstić information content (AvgIpc) is 2.84. The van der Waals surface area contributed by atoms with Gasteiger partial charge in [-0.05, 0) is 36.1 Å². The van der Waals surface area contributed by atoms with Crippen molar-refractivity contribution in [1.29, 1.82) is 5.26 Å². The van der Waals surface area contributed by atoms with E-state index in [2.05, 4.69) is 0 Å². The fourth-order valence-electron chi connectivity index (χ4n) is 2.29. The monoisotopic (exact) mass is 249 g/mol. The minimum atomic E-state index is -0.339. The summed E-state index contributed by atoms with van der Waals surface area (Å²) in [5.41, 5.74) is 0.816. The van der Waals surface area contributed by atoms with Crippen LogP contribution < -0.4 is 0 Å². The Morgan fingerprint density at radius 2 is 2.12 bits per heavy atom. The molecule has 1 aromatic rings. The van der Waals surface area contributed by atoms with Gasteiger partial charge in [0, 0.05) is 5.75 Å². The zero-order valence-electron chi connectivity index (χ0n) is 9.79. The lowest BCUT2D eigenvalue weighted by Gasteiger charge is -2.09. The summed E-state index contributed by atoms with van der Waals surface area (Å²) >= 11 is 1.79. The number of halogens is 1. The lowest BCUT2D eigenvalue weighted by atomic mass is 10.1. The summed E-state index contributed by atoms with van der Waals surface area (Å²) in [6.07, 6.45) is 5.36. The van der Waals surface area contributed by atoms with Gasteiger partial charge in [-0.1, -0.05) is 25.0 Å². The van der Waals surface area contributed by atoms with Crippen LogP contribution in [0.2, 0.25) is 0 Å². The van der Waals surface area contributed by atoms with Crippen molar-refractivity contribution in [2.75, 3.05) is 5.75 Å². The molecule has 1 aliphatic carbocycles. The van der Waals surface area contributed by atoms with Crippen LogP contribution in [0.4, 0.5) is 4.39 Å². The first-order valence-electron chi connectivity index (χ1n) is 6.06. The molecule has 0 aliphatic heterocycles. The molecule has 0 N–H and O–H groups in total. The lowest BCUT2D eigenvalue weighted by molar-refractivity contribution is 0.611. The topological polar surface area (TPSA) is 23.8 Å². The molecule has 0 atom stereocenters. The molecular formula is C14H16FNS. The molecular weight excluding hydrogens is 233 g/mol. The number of nitrogens with zero attached hydrogens (tertiary/aromatic N) is 1. The number of rotatable bonds is 4. The molecule has 90 valence electrons. The van der Waals surface area contributed by atoms with Crippen molar-refractivity contribution in [3.8, 4) is 6.07 Å². The van der Waals surface area contributed by atoms with Gasteiger partial charge < -0.3 is 0 Å². The van der Waals surface area contributed by atoms with Gasteiger partial charge in [0.15, 0.2) is 0 Å². The van der Waals surface area contributed by atoms with Crippen LogP contribution in [0.25, 0.3) is 0 Å². The van der Waals surface area contributed by atoms with E-state index in [0.717, 1.165) is 11.7 Å². The molecule has 1 fully saturated rings. The van der Waals surface area contributed by atoms with E-state index in [9.17, 15) is 4.39 Å². The van der Waals surface area contributed by atoms with Crippen LogP contribution in [-0.2, 0) is 5.75 Å². The predicted octanol–water partition coefficient (Wildman–Crippen LogP) is 4.12. The van der Waals surface area contributed by atoms with E-state index in [-0.39, 0.29) is 11.4 Å².